The Kier molecular flexibility index (Phi) is 8.94. The lowest BCUT2D eigenvalue weighted by Gasteiger charge is -2.10. The third-order valence-electron chi connectivity index (χ3n) is 5.45. The van der Waals surface area contributed by atoms with Crippen molar-refractivity contribution in [1.82, 2.24) is 15.1 Å². The van der Waals surface area contributed by atoms with Gasteiger partial charge in [0.1, 0.15) is 18.0 Å². The molecule has 178 valence electrons. The largest absolute Gasteiger partial charge is 0.497 e. The van der Waals surface area contributed by atoms with Crippen LogP contribution in [0.5, 0.6) is 5.75 Å². The number of esters is 1. The molecule has 1 aromatic carbocycles. The van der Waals surface area contributed by atoms with Crippen molar-refractivity contribution in [2.75, 3.05) is 26.0 Å². The van der Waals surface area contributed by atoms with Crippen molar-refractivity contribution >= 4 is 28.8 Å². The fourth-order valence-electron chi connectivity index (χ4n) is 3.93. The fraction of sp³-hybridized carbons (Fsp3) is 0.500. The summed E-state index contributed by atoms with van der Waals surface area (Å²) in [6.07, 6.45) is 4.39. The second-order valence-electron chi connectivity index (χ2n) is 7.85. The van der Waals surface area contributed by atoms with E-state index in [9.17, 15) is 14.4 Å². The van der Waals surface area contributed by atoms with Crippen molar-refractivity contribution in [2.24, 2.45) is 0 Å². The molecule has 9 heteroatoms. The molecule has 33 heavy (non-hydrogen) atoms. The van der Waals surface area contributed by atoms with E-state index in [0.29, 0.717) is 18.7 Å². The summed E-state index contributed by atoms with van der Waals surface area (Å²) in [5.41, 5.74) is 3.95. The number of nitrogens with one attached hydrogen (secondary N) is 1. The lowest BCUT2D eigenvalue weighted by molar-refractivity contribution is -0.144. The number of thioether (sulfide) groups is 1. The average molecular weight is 474 g/mol. The minimum Gasteiger partial charge on any atom is -0.497 e. The summed E-state index contributed by atoms with van der Waals surface area (Å²) in [4.78, 5) is 36.2. The quantitative estimate of drug-likeness (QED) is 0.317. The number of methoxy groups -OCH3 is 1. The zero-order chi connectivity index (χ0) is 23.8. The van der Waals surface area contributed by atoms with E-state index in [4.69, 9.17) is 9.47 Å². The number of carbonyl (C=O) groups is 3. The number of fused-ring (bicyclic) bond motifs is 3. The van der Waals surface area contributed by atoms with E-state index in [2.05, 4.69) is 10.4 Å². The topological polar surface area (TPSA) is 99.5 Å². The molecule has 1 amide bonds. The zero-order valence-electron chi connectivity index (χ0n) is 19.4. The molecule has 3 rings (SSSR count). The van der Waals surface area contributed by atoms with Crippen LogP contribution in [-0.4, -0.2) is 52.8 Å². The number of amides is 1. The molecule has 0 unspecified atom stereocenters. The van der Waals surface area contributed by atoms with E-state index in [1.807, 2.05) is 18.2 Å². The number of aromatic nitrogens is 2. The summed E-state index contributed by atoms with van der Waals surface area (Å²) in [5.74, 6) is 0.934. The van der Waals surface area contributed by atoms with Gasteiger partial charge in [-0.1, -0.05) is 24.6 Å². The molecule has 0 spiro atoms. The maximum Gasteiger partial charge on any atom is 0.327 e. The number of hydrogen-bond donors (Lipinski definition) is 1. The molecule has 0 saturated heterocycles. The van der Waals surface area contributed by atoms with E-state index >= 15 is 0 Å². The van der Waals surface area contributed by atoms with Crippen LogP contribution in [0.15, 0.2) is 18.2 Å². The number of carbonyl (C=O) groups excluding carboxylic acids is 3. The van der Waals surface area contributed by atoms with Gasteiger partial charge in [0.25, 0.3) is 5.91 Å². The van der Waals surface area contributed by atoms with Crippen LogP contribution in [0.25, 0.3) is 11.3 Å². The first-order valence-corrected chi connectivity index (χ1v) is 12.3. The van der Waals surface area contributed by atoms with Gasteiger partial charge < -0.3 is 14.8 Å². The highest BCUT2D eigenvalue weighted by Gasteiger charge is 2.31. The van der Waals surface area contributed by atoms with Crippen molar-refractivity contribution < 1.29 is 23.9 Å². The van der Waals surface area contributed by atoms with Crippen LogP contribution in [0, 0.1) is 0 Å². The highest BCUT2D eigenvalue weighted by atomic mass is 32.2. The minimum absolute atomic E-state index is 0.108. The van der Waals surface area contributed by atoms with E-state index in [-0.39, 0.29) is 24.2 Å². The van der Waals surface area contributed by atoms with Crippen LogP contribution in [0.4, 0.5) is 0 Å². The van der Waals surface area contributed by atoms with Crippen LogP contribution in [-0.2, 0) is 27.3 Å². The molecule has 1 aliphatic rings. The van der Waals surface area contributed by atoms with Crippen LogP contribution >= 0.6 is 11.8 Å². The Bertz CT molecular complexity index is 1020. The Hall–Kier alpha value is -2.81. The second kappa shape index (κ2) is 11.9. The molecular weight excluding hydrogens is 442 g/mol. The van der Waals surface area contributed by atoms with Crippen molar-refractivity contribution in [3.05, 3.63) is 35.0 Å². The molecule has 2 aromatic rings. The van der Waals surface area contributed by atoms with Crippen LogP contribution in [0.2, 0.25) is 0 Å². The number of benzene rings is 1. The number of hydrogen-bond acceptors (Lipinski definition) is 7. The van der Waals surface area contributed by atoms with Crippen molar-refractivity contribution in [1.29, 1.82) is 0 Å². The highest BCUT2D eigenvalue weighted by Crippen LogP contribution is 2.39. The Labute approximate surface area is 198 Å². The SMILES string of the molecule is CCOC(=O)Cn1nc2c(c1C(=O)NCCCCCCSC(C)=O)Cc1cc(OC)ccc1-2. The van der Waals surface area contributed by atoms with Crippen LogP contribution < -0.4 is 10.1 Å². The van der Waals surface area contributed by atoms with E-state index < -0.39 is 5.97 Å². The van der Waals surface area contributed by atoms with Gasteiger partial charge in [0.2, 0.25) is 0 Å². The first-order valence-electron chi connectivity index (χ1n) is 11.3. The van der Waals surface area contributed by atoms with Crippen molar-refractivity contribution in [3.8, 4) is 17.0 Å². The Morgan fingerprint density at radius 1 is 1.18 bits per heavy atom. The normalized spacial score (nSPS) is 11.6. The molecule has 0 atom stereocenters. The third kappa shape index (κ3) is 6.37. The molecule has 8 nitrogen and oxygen atoms in total. The standard InChI is InChI=1S/C24H31N3O5S/c1-4-32-21(29)15-27-23(24(30)25-11-7-5-6-8-12-33-16(2)28)20-14-17-13-18(31-3)9-10-19(17)22(20)26-27/h9-10,13H,4-8,11-12,14-15H2,1-3H3,(H,25,30). The Morgan fingerprint density at radius 2 is 1.97 bits per heavy atom. The molecule has 1 aromatic heterocycles. The van der Waals surface area contributed by atoms with Gasteiger partial charge in [-0.2, -0.15) is 5.10 Å². The van der Waals surface area contributed by atoms with E-state index in [1.165, 1.54) is 16.4 Å². The van der Waals surface area contributed by atoms with Gasteiger partial charge >= 0.3 is 5.97 Å². The Balaban J connectivity index is 1.67. The summed E-state index contributed by atoms with van der Waals surface area (Å²) >= 11 is 1.35. The maximum absolute atomic E-state index is 13.1. The lowest BCUT2D eigenvalue weighted by atomic mass is 10.1. The molecule has 0 fully saturated rings. The van der Waals surface area contributed by atoms with Gasteiger partial charge in [0.15, 0.2) is 5.12 Å². The molecule has 1 N–H and O–H groups in total. The molecule has 1 aliphatic carbocycles. The van der Waals surface area contributed by atoms with Crippen LogP contribution in [0.1, 0.15) is 61.1 Å². The number of rotatable bonds is 12. The molecule has 0 saturated carbocycles. The van der Waals surface area contributed by atoms with Crippen LogP contribution in [0.3, 0.4) is 0 Å². The summed E-state index contributed by atoms with van der Waals surface area (Å²) in [6, 6.07) is 5.76. The lowest BCUT2D eigenvalue weighted by Crippen LogP contribution is -2.29. The number of unbranched alkanes of at least 4 members (excludes halogenated alkanes) is 3. The Morgan fingerprint density at radius 3 is 2.70 bits per heavy atom. The predicted octanol–water partition coefficient (Wildman–Crippen LogP) is 3.60. The summed E-state index contributed by atoms with van der Waals surface area (Å²) in [5, 5.41) is 7.74. The highest BCUT2D eigenvalue weighted by molar-refractivity contribution is 8.13. The molecular formula is C24H31N3O5S. The van der Waals surface area contributed by atoms with E-state index in [0.717, 1.165) is 59.6 Å². The minimum atomic E-state index is -0.425. The molecule has 0 aliphatic heterocycles. The summed E-state index contributed by atoms with van der Waals surface area (Å²) in [6.45, 7) is 4.03. The summed E-state index contributed by atoms with van der Waals surface area (Å²) < 4.78 is 11.9. The zero-order valence-corrected chi connectivity index (χ0v) is 20.3. The number of ether oxygens (including phenoxy) is 2. The van der Waals surface area contributed by atoms with Gasteiger partial charge in [-0.25, -0.2) is 4.68 Å². The van der Waals surface area contributed by atoms with Gasteiger partial charge in [-0.05, 0) is 43.5 Å². The first kappa shape index (κ1) is 24.8. The third-order valence-corrected chi connectivity index (χ3v) is 6.35. The molecule has 0 radical (unpaired) electrons. The number of nitrogens with zero attached hydrogens (tertiary/aromatic N) is 2. The maximum atomic E-state index is 13.1. The van der Waals surface area contributed by atoms with Gasteiger partial charge in [-0.3, -0.25) is 14.4 Å². The fourth-order valence-corrected chi connectivity index (χ4v) is 4.56. The van der Waals surface area contributed by atoms with Crippen molar-refractivity contribution in [2.45, 2.75) is 52.5 Å². The van der Waals surface area contributed by atoms with E-state index in [1.54, 1.807) is 21.0 Å². The van der Waals surface area contributed by atoms with Gasteiger partial charge in [0, 0.05) is 36.8 Å². The first-order chi connectivity index (χ1) is 15.9. The smallest absolute Gasteiger partial charge is 0.327 e. The predicted molar refractivity (Wildman–Crippen MR) is 128 cm³/mol. The monoisotopic (exact) mass is 473 g/mol. The van der Waals surface area contributed by atoms with Gasteiger partial charge in [-0.15, -0.1) is 0 Å². The average Bonchev–Trinajstić information content (AvgIpc) is 3.29. The summed E-state index contributed by atoms with van der Waals surface area (Å²) in [7, 11) is 1.62. The molecule has 0 bridgehead atoms. The molecule has 1 heterocycles. The van der Waals surface area contributed by atoms with Crippen molar-refractivity contribution in [3.63, 3.8) is 0 Å². The van der Waals surface area contributed by atoms with Gasteiger partial charge in [0.05, 0.1) is 19.4 Å². The second-order valence-corrected chi connectivity index (χ2v) is 9.12.